The predicted octanol–water partition coefficient (Wildman–Crippen LogP) is 5.17. The maximum absolute atomic E-state index is 13.5. The zero-order chi connectivity index (χ0) is 26.0. The molecule has 0 spiro atoms. The largest absolute Gasteiger partial charge is 0.494 e. The van der Waals surface area contributed by atoms with Crippen LogP contribution in [0.15, 0.2) is 77.7 Å². The molecule has 0 aliphatic rings. The first-order valence-corrected chi connectivity index (χ1v) is 14.3. The highest BCUT2D eigenvalue weighted by Crippen LogP contribution is 2.25. The number of halogens is 1. The highest BCUT2D eigenvalue weighted by atomic mass is 32.2. The van der Waals surface area contributed by atoms with Crippen molar-refractivity contribution in [3.8, 4) is 5.75 Å². The Bertz CT molecular complexity index is 1230. The number of sulfonamides is 1. The number of hydrogen-bond acceptors (Lipinski definition) is 5. The van der Waals surface area contributed by atoms with Crippen LogP contribution in [0.1, 0.15) is 24.5 Å². The van der Waals surface area contributed by atoms with E-state index >= 15 is 0 Å². The van der Waals surface area contributed by atoms with Crippen LogP contribution in [0, 0.1) is 12.7 Å². The summed E-state index contributed by atoms with van der Waals surface area (Å²) in [7, 11) is -4.08. The van der Waals surface area contributed by atoms with Gasteiger partial charge in [-0.1, -0.05) is 24.3 Å². The monoisotopic (exact) mass is 530 g/mol. The number of nitrogens with one attached hydrogen (secondary N) is 1. The van der Waals surface area contributed by atoms with E-state index in [1.807, 2.05) is 19.1 Å². The van der Waals surface area contributed by atoms with Crippen LogP contribution in [0.4, 0.5) is 10.1 Å². The van der Waals surface area contributed by atoms with Crippen molar-refractivity contribution >= 4 is 33.4 Å². The third-order valence-electron chi connectivity index (χ3n) is 5.43. The highest BCUT2D eigenvalue weighted by Gasteiger charge is 2.27. The zero-order valence-electron chi connectivity index (χ0n) is 20.4. The second-order valence-electron chi connectivity index (χ2n) is 8.08. The summed E-state index contributed by atoms with van der Waals surface area (Å²) < 4.78 is 46.7. The minimum Gasteiger partial charge on any atom is -0.494 e. The van der Waals surface area contributed by atoms with Gasteiger partial charge >= 0.3 is 0 Å². The number of carbonyl (C=O) groups is 1. The normalized spacial score (nSPS) is 11.2. The lowest BCUT2D eigenvalue weighted by atomic mass is 10.1. The van der Waals surface area contributed by atoms with E-state index in [1.165, 1.54) is 47.5 Å². The van der Waals surface area contributed by atoms with Crippen molar-refractivity contribution in [2.75, 3.05) is 29.8 Å². The van der Waals surface area contributed by atoms with Gasteiger partial charge in [0.1, 0.15) is 18.1 Å². The van der Waals surface area contributed by atoms with Gasteiger partial charge in [0.25, 0.3) is 10.0 Å². The molecule has 0 heterocycles. The van der Waals surface area contributed by atoms with Crippen LogP contribution in [-0.4, -0.2) is 39.8 Å². The smallest absolute Gasteiger partial charge is 0.264 e. The number of rotatable bonds is 13. The molecule has 1 N–H and O–H groups in total. The molecule has 1 amide bonds. The van der Waals surface area contributed by atoms with Crippen molar-refractivity contribution < 1.29 is 22.3 Å². The number of nitrogens with zero attached hydrogens (tertiary/aromatic N) is 1. The van der Waals surface area contributed by atoms with Crippen molar-refractivity contribution in [3.05, 3.63) is 89.7 Å². The number of amides is 1. The van der Waals surface area contributed by atoms with Gasteiger partial charge in [0, 0.05) is 12.3 Å². The Labute approximate surface area is 216 Å². The molecule has 0 atom stereocenters. The molecule has 6 nitrogen and oxygen atoms in total. The Morgan fingerprint density at radius 3 is 2.39 bits per heavy atom. The highest BCUT2D eigenvalue weighted by molar-refractivity contribution is 7.98. The molecule has 0 unspecified atom stereocenters. The van der Waals surface area contributed by atoms with Gasteiger partial charge in [-0.05, 0) is 85.7 Å². The number of anilines is 1. The maximum Gasteiger partial charge on any atom is 0.264 e. The number of thioether (sulfide) groups is 1. The van der Waals surface area contributed by atoms with E-state index in [9.17, 15) is 17.6 Å². The van der Waals surface area contributed by atoms with Crippen molar-refractivity contribution in [1.82, 2.24) is 5.32 Å². The molecule has 9 heteroatoms. The van der Waals surface area contributed by atoms with E-state index < -0.39 is 28.3 Å². The molecule has 0 saturated heterocycles. The Morgan fingerprint density at radius 1 is 1.03 bits per heavy atom. The summed E-state index contributed by atoms with van der Waals surface area (Å²) in [5, 5.41) is 2.80. The number of hydrogen-bond donors (Lipinski definition) is 1. The average molecular weight is 531 g/mol. The molecular formula is C27H31FN2O4S2. The maximum atomic E-state index is 13.5. The Hall–Kier alpha value is -3.04. The van der Waals surface area contributed by atoms with Crippen LogP contribution in [0.5, 0.6) is 5.75 Å². The molecule has 0 aliphatic heterocycles. The van der Waals surface area contributed by atoms with Gasteiger partial charge in [-0.25, -0.2) is 12.8 Å². The van der Waals surface area contributed by atoms with Gasteiger partial charge in [-0.2, -0.15) is 11.8 Å². The van der Waals surface area contributed by atoms with E-state index in [1.54, 1.807) is 23.9 Å². The van der Waals surface area contributed by atoms with Crippen molar-refractivity contribution in [2.24, 2.45) is 0 Å². The molecule has 0 aliphatic carbocycles. The number of aryl methyl sites for hydroxylation is 1. The second kappa shape index (κ2) is 13.3. The van der Waals surface area contributed by atoms with Crippen molar-refractivity contribution in [3.63, 3.8) is 0 Å². The van der Waals surface area contributed by atoms with Crippen molar-refractivity contribution in [1.29, 1.82) is 0 Å². The van der Waals surface area contributed by atoms with Gasteiger partial charge in [-0.15, -0.1) is 0 Å². The Morgan fingerprint density at radius 2 is 1.72 bits per heavy atom. The molecule has 3 aromatic carbocycles. The van der Waals surface area contributed by atoms with E-state index in [0.717, 1.165) is 22.2 Å². The van der Waals surface area contributed by atoms with Crippen LogP contribution < -0.4 is 14.4 Å². The summed E-state index contributed by atoms with van der Waals surface area (Å²) >= 11 is 1.79. The summed E-state index contributed by atoms with van der Waals surface area (Å²) in [5.74, 6) is 1.38. The molecule has 3 rings (SSSR count). The van der Waals surface area contributed by atoms with E-state index in [-0.39, 0.29) is 10.6 Å². The summed E-state index contributed by atoms with van der Waals surface area (Å²) in [6, 6.07) is 19.3. The summed E-state index contributed by atoms with van der Waals surface area (Å²) in [6.45, 7) is 4.39. The first-order chi connectivity index (χ1) is 17.3. The SMILES string of the molecule is CCOc1ccc(S(=O)(=O)N(CC(=O)NCCCSCc2ccccc2C)c2ccc(F)cc2)cc1. The fraction of sp³-hybridized carbons (Fsp3) is 0.296. The zero-order valence-corrected chi connectivity index (χ0v) is 22.1. The topological polar surface area (TPSA) is 75.7 Å². The fourth-order valence-corrected chi connectivity index (χ4v) is 5.92. The quantitative estimate of drug-likeness (QED) is 0.309. The summed E-state index contributed by atoms with van der Waals surface area (Å²) in [6.07, 6.45) is 0.754. The second-order valence-corrected chi connectivity index (χ2v) is 11.0. The van der Waals surface area contributed by atoms with Gasteiger partial charge in [0.05, 0.1) is 17.2 Å². The molecule has 36 heavy (non-hydrogen) atoms. The van der Waals surface area contributed by atoms with E-state index in [0.29, 0.717) is 18.9 Å². The van der Waals surface area contributed by atoms with Gasteiger partial charge in [0.2, 0.25) is 5.91 Å². The van der Waals surface area contributed by atoms with E-state index in [4.69, 9.17) is 4.74 Å². The molecule has 192 valence electrons. The fourth-order valence-electron chi connectivity index (χ4n) is 3.47. The van der Waals surface area contributed by atoms with Crippen LogP contribution in [0.3, 0.4) is 0 Å². The molecule has 3 aromatic rings. The van der Waals surface area contributed by atoms with Crippen molar-refractivity contribution in [2.45, 2.75) is 30.9 Å². The Kier molecular flexibility index (Phi) is 10.2. The summed E-state index contributed by atoms with van der Waals surface area (Å²) in [5.41, 5.74) is 2.75. The summed E-state index contributed by atoms with van der Waals surface area (Å²) in [4.78, 5) is 12.7. The first kappa shape index (κ1) is 27.5. The standard InChI is InChI=1S/C27H31FN2O4S2/c1-3-34-25-13-15-26(16-14-25)36(32,33)30(24-11-9-23(28)10-12-24)19-27(31)29-17-6-18-35-20-22-8-5-4-7-21(22)2/h4-5,7-16H,3,6,17-20H2,1-2H3,(H,29,31). The van der Waals surface area contributed by atoms with Crippen LogP contribution >= 0.6 is 11.8 Å². The first-order valence-electron chi connectivity index (χ1n) is 11.7. The molecule has 0 fully saturated rings. The third-order valence-corrected chi connectivity index (χ3v) is 8.31. The average Bonchev–Trinajstić information content (AvgIpc) is 2.87. The van der Waals surface area contributed by atoms with Crippen LogP contribution in [0.25, 0.3) is 0 Å². The molecule has 0 bridgehead atoms. The predicted molar refractivity (Wildman–Crippen MR) is 144 cm³/mol. The van der Waals surface area contributed by atoms with Gasteiger partial charge in [-0.3, -0.25) is 9.10 Å². The Balaban J connectivity index is 1.60. The van der Waals surface area contributed by atoms with E-state index in [2.05, 4.69) is 24.4 Å². The lowest BCUT2D eigenvalue weighted by molar-refractivity contribution is -0.119. The van der Waals surface area contributed by atoms with Gasteiger partial charge < -0.3 is 10.1 Å². The lowest BCUT2D eigenvalue weighted by Gasteiger charge is -2.24. The lowest BCUT2D eigenvalue weighted by Crippen LogP contribution is -2.41. The minimum atomic E-state index is -4.08. The third kappa shape index (κ3) is 7.73. The number of ether oxygens (including phenoxy) is 1. The molecule has 0 radical (unpaired) electrons. The van der Waals surface area contributed by atoms with Crippen LogP contribution in [0.2, 0.25) is 0 Å². The van der Waals surface area contributed by atoms with Crippen LogP contribution in [-0.2, 0) is 20.6 Å². The number of carbonyl (C=O) groups excluding carboxylic acids is 1. The molecular weight excluding hydrogens is 499 g/mol. The molecule has 0 saturated carbocycles. The molecule has 0 aromatic heterocycles. The number of benzene rings is 3. The van der Waals surface area contributed by atoms with Gasteiger partial charge in [0.15, 0.2) is 0 Å². The minimum absolute atomic E-state index is 0.00989.